The van der Waals surface area contributed by atoms with E-state index in [9.17, 15) is 4.79 Å². The van der Waals surface area contributed by atoms with Crippen LogP contribution in [0, 0.1) is 0 Å². The fraction of sp³-hybridized carbons (Fsp3) is 0.136. The Bertz CT molecular complexity index is 865. The lowest BCUT2D eigenvalue weighted by atomic mass is 10.2. The van der Waals surface area contributed by atoms with E-state index in [1.54, 1.807) is 23.5 Å². The molecule has 0 fully saturated rings. The molecule has 0 radical (unpaired) electrons. The van der Waals surface area contributed by atoms with Crippen molar-refractivity contribution in [2.45, 2.75) is 28.0 Å². The first kappa shape index (κ1) is 18.6. The van der Waals surface area contributed by atoms with Crippen molar-refractivity contribution in [2.24, 2.45) is 0 Å². The van der Waals surface area contributed by atoms with Gasteiger partial charge in [0.1, 0.15) is 0 Å². The first-order valence-electron chi connectivity index (χ1n) is 8.63. The van der Waals surface area contributed by atoms with Crippen LogP contribution < -0.4 is 5.32 Å². The molecule has 0 bridgehead atoms. The third-order valence-corrected chi connectivity index (χ3v) is 6.06. The maximum absolute atomic E-state index is 12.9. The molecule has 0 unspecified atom stereocenters. The Kier molecular flexibility index (Phi) is 6.81. The standard InChI is InChI=1S/C22H21NOS2/c1-2-16-25-20-14-8-6-12-18(20)22(24)23-19-13-7-9-15-21(19)26-17-10-4-3-5-11-17/h3-15H,2,16H2,1H3,(H,23,24). The zero-order valence-corrected chi connectivity index (χ0v) is 16.3. The maximum Gasteiger partial charge on any atom is 0.256 e. The second-order valence-corrected chi connectivity index (χ2v) is 7.96. The van der Waals surface area contributed by atoms with E-state index in [1.807, 2.05) is 66.7 Å². The third kappa shape index (κ3) is 4.93. The summed E-state index contributed by atoms with van der Waals surface area (Å²) in [6.45, 7) is 2.15. The summed E-state index contributed by atoms with van der Waals surface area (Å²) in [7, 11) is 0. The Morgan fingerprint density at radius 3 is 2.27 bits per heavy atom. The lowest BCUT2D eigenvalue weighted by Crippen LogP contribution is -2.13. The highest BCUT2D eigenvalue weighted by molar-refractivity contribution is 7.99. The molecular formula is C22H21NOS2. The minimum atomic E-state index is -0.0645. The molecule has 132 valence electrons. The average molecular weight is 380 g/mol. The van der Waals surface area contributed by atoms with Crippen molar-refractivity contribution in [3.8, 4) is 0 Å². The van der Waals surface area contributed by atoms with Crippen LogP contribution in [-0.2, 0) is 0 Å². The van der Waals surface area contributed by atoms with Crippen LogP contribution >= 0.6 is 23.5 Å². The fourth-order valence-corrected chi connectivity index (χ4v) is 4.29. The molecule has 0 aliphatic heterocycles. The summed E-state index contributed by atoms with van der Waals surface area (Å²) >= 11 is 3.38. The SMILES string of the molecule is CCCSc1ccccc1C(=O)Nc1ccccc1Sc1ccccc1. The van der Waals surface area contributed by atoms with E-state index in [-0.39, 0.29) is 5.91 Å². The molecule has 1 amide bonds. The van der Waals surface area contributed by atoms with Gasteiger partial charge in [0.25, 0.3) is 5.91 Å². The quantitative estimate of drug-likeness (QED) is 0.469. The van der Waals surface area contributed by atoms with Gasteiger partial charge in [0, 0.05) is 14.7 Å². The third-order valence-electron chi connectivity index (χ3n) is 3.70. The largest absolute Gasteiger partial charge is 0.321 e. The zero-order valence-electron chi connectivity index (χ0n) is 14.6. The normalized spacial score (nSPS) is 10.5. The van der Waals surface area contributed by atoms with E-state index in [0.717, 1.165) is 38.1 Å². The van der Waals surface area contributed by atoms with Crippen LogP contribution in [0.15, 0.2) is 93.5 Å². The van der Waals surface area contributed by atoms with Crippen molar-refractivity contribution in [2.75, 3.05) is 11.1 Å². The Morgan fingerprint density at radius 1 is 0.846 bits per heavy atom. The van der Waals surface area contributed by atoms with E-state index in [4.69, 9.17) is 0 Å². The Labute approximate surface area is 163 Å². The van der Waals surface area contributed by atoms with E-state index < -0.39 is 0 Å². The molecule has 3 aromatic rings. The van der Waals surface area contributed by atoms with E-state index >= 15 is 0 Å². The molecule has 1 N–H and O–H groups in total. The van der Waals surface area contributed by atoms with E-state index in [2.05, 4.69) is 24.4 Å². The monoisotopic (exact) mass is 379 g/mol. The number of carbonyl (C=O) groups is 1. The van der Waals surface area contributed by atoms with E-state index in [0.29, 0.717) is 0 Å². The predicted molar refractivity (Wildman–Crippen MR) is 112 cm³/mol. The highest BCUT2D eigenvalue weighted by Gasteiger charge is 2.13. The molecule has 26 heavy (non-hydrogen) atoms. The predicted octanol–water partition coefficient (Wildman–Crippen LogP) is 6.59. The van der Waals surface area contributed by atoms with Crippen molar-refractivity contribution < 1.29 is 4.79 Å². The van der Waals surface area contributed by atoms with Crippen molar-refractivity contribution in [3.05, 3.63) is 84.4 Å². The van der Waals surface area contributed by atoms with Gasteiger partial charge < -0.3 is 5.32 Å². The topological polar surface area (TPSA) is 29.1 Å². The number of benzene rings is 3. The number of para-hydroxylation sites is 1. The number of rotatable bonds is 7. The lowest BCUT2D eigenvalue weighted by molar-refractivity contribution is 0.102. The van der Waals surface area contributed by atoms with Gasteiger partial charge in [0.15, 0.2) is 0 Å². The van der Waals surface area contributed by atoms with Crippen LogP contribution in [0.5, 0.6) is 0 Å². The summed E-state index contributed by atoms with van der Waals surface area (Å²) in [4.78, 5) is 16.1. The number of hydrogen-bond acceptors (Lipinski definition) is 3. The number of thioether (sulfide) groups is 1. The van der Waals surface area contributed by atoms with Gasteiger partial charge >= 0.3 is 0 Å². The van der Waals surface area contributed by atoms with Crippen molar-refractivity contribution in [1.82, 2.24) is 0 Å². The molecule has 2 nitrogen and oxygen atoms in total. The Morgan fingerprint density at radius 2 is 1.50 bits per heavy atom. The second kappa shape index (κ2) is 9.51. The first-order valence-corrected chi connectivity index (χ1v) is 10.4. The summed E-state index contributed by atoms with van der Waals surface area (Å²) in [5, 5.41) is 3.09. The smallest absolute Gasteiger partial charge is 0.256 e. The first-order chi connectivity index (χ1) is 12.8. The Hall–Kier alpha value is -2.17. The number of carbonyl (C=O) groups excluding carboxylic acids is 1. The van der Waals surface area contributed by atoms with Crippen LogP contribution in [0.3, 0.4) is 0 Å². The molecule has 0 saturated heterocycles. The average Bonchev–Trinajstić information content (AvgIpc) is 2.69. The lowest BCUT2D eigenvalue weighted by Gasteiger charge is -2.13. The van der Waals surface area contributed by atoms with Gasteiger partial charge in [-0.15, -0.1) is 11.8 Å². The number of hydrogen-bond donors (Lipinski definition) is 1. The number of nitrogens with one attached hydrogen (secondary N) is 1. The van der Waals surface area contributed by atoms with Crippen LogP contribution in [0.25, 0.3) is 0 Å². The number of anilines is 1. The molecule has 3 aromatic carbocycles. The maximum atomic E-state index is 12.9. The summed E-state index contributed by atoms with van der Waals surface area (Å²) in [6.07, 6.45) is 1.08. The molecule has 0 heterocycles. The van der Waals surface area contributed by atoms with Crippen LogP contribution in [0.2, 0.25) is 0 Å². The molecule has 0 atom stereocenters. The number of amides is 1. The van der Waals surface area contributed by atoms with Gasteiger partial charge in [-0.1, -0.05) is 61.2 Å². The molecule has 0 saturated carbocycles. The van der Waals surface area contributed by atoms with Crippen molar-refractivity contribution >= 4 is 35.1 Å². The molecule has 0 aromatic heterocycles. The molecule has 3 rings (SSSR count). The highest BCUT2D eigenvalue weighted by Crippen LogP contribution is 2.33. The summed E-state index contributed by atoms with van der Waals surface area (Å²) in [5.41, 5.74) is 1.56. The fourth-order valence-electron chi connectivity index (χ4n) is 2.46. The van der Waals surface area contributed by atoms with Gasteiger partial charge in [-0.05, 0) is 48.6 Å². The second-order valence-electron chi connectivity index (χ2n) is 5.71. The van der Waals surface area contributed by atoms with Crippen LogP contribution in [0.1, 0.15) is 23.7 Å². The minimum Gasteiger partial charge on any atom is -0.321 e. The van der Waals surface area contributed by atoms with Gasteiger partial charge in [-0.25, -0.2) is 0 Å². The Balaban J connectivity index is 1.80. The molecular weight excluding hydrogens is 358 g/mol. The van der Waals surface area contributed by atoms with Gasteiger partial charge in [-0.3, -0.25) is 4.79 Å². The van der Waals surface area contributed by atoms with Gasteiger partial charge in [0.05, 0.1) is 11.3 Å². The van der Waals surface area contributed by atoms with E-state index in [1.165, 1.54) is 0 Å². The van der Waals surface area contributed by atoms with Crippen LogP contribution in [0.4, 0.5) is 5.69 Å². The van der Waals surface area contributed by atoms with Crippen LogP contribution in [-0.4, -0.2) is 11.7 Å². The molecule has 4 heteroatoms. The minimum absolute atomic E-state index is 0.0645. The molecule has 0 spiro atoms. The highest BCUT2D eigenvalue weighted by atomic mass is 32.2. The zero-order chi connectivity index (χ0) is 18.2. The van der Waals surface area contributed by atoms with Gasteiger partial charge in [0.2, 0.25) is 0 Å². The van der Waals surface area contributed by atoms with Gasteiger partial charge in [-0.2, -0.15) is 0 Å². The van der Waals surface area contributed by atoms with Crippen molar-refractivity contribution in [3.63, 3.8) is 0 Å². The molecule has 0 aliphatic rings. The molecule has 0 aliphatic carbocycles. The van der Waals surface area contributed by atoms with Crippen molar-refractivity contribution in [1.29, 1.82) is 0 Å². The summed E-state index contributed by atoms with van der Waals surface area (Å²) in [6, 6.07) is 25.9. The summed E-state index contributed by atoms with van der Waals surface area (Å²) in [5.74, 6) is 0.940. The summed E-state index contributed by atoms with van der Waals surface area (Å²) < 4.78 is 0.